The van der Waals surface area contributed by atoms with Gasteiger partial charge in [-0.2, -0.15) is 0 Å². The molecule has 5 nitrogen and oxygen atoms in total. The van der Waals surface area contributed by atoms with Crippen molar-refractivity contribution in [1.29, 1.82) is 0 Å². The van der Waals surface area contributed by atoms with Crippen molar-refractivity contribution in [3.8, 4) is 0 Å². The fourth-order valence-electron chi connectivity index (χ4n) is 3.23. The van der Waals surface area contributed by atoms with Crippen LogP contribution in [-0.2, 0) is 16.8 Å². The Morgan fingerprint density at radius 2 is 1.96 bits per heavy atom. The lowest BCUT2D eigenvalue weighted by molar-refractivity contribution is -0.136. The summed E-state index contributed by atoms with van der Waals surface area (Å²) in [4.78, 5) is 31.9. The normalized spacial score (nSPS) is 22.3. The maximum atomic E-state index is 12.8. The fraction of sp³-hybridized carbons (Fsp3) is 0.722. The van der Waals surface area contributed by atoms with E-state index in [-0.39, 0.29) is 22.8 Å². The van der Waals surface area contributed by atoms with E-state index in [9.17, 15) is 9.59 Å². The van der Waals surface area contributed by atoms with E-state index in [1.165, 1.54) is 11.8 Å². The number of carbonyl (C=O) groups excluding carboxylic acids is 1. The van der Waals surface area contributed by atoms with E-state index < -0.39 is 0 Å². The Labute approximate surface area is 147 Å². The largest absolute Gasteiger partial charge is 0.342 e. The Hall–Kier alpha value is -1.30. The van der Waals surface area contributed by atoms with Crippen molar-refractivity contribution < 1.29 is 4.79 Å². The van der Waals surface area contributed by atoms with Crippen molar-refractivity contribution >= 4 is 17.7 Å². The molecule has 0 aliphatic carbocycles. The van der Waals surface area contributed by atoms with E-state index >= 15 is 0 Å². The first-order chi connectivity index (χ1) is 11.3. The van der Waals surface area contributed by atoms with E-state index in [0.29, 0.717) is 18.2 Å². The van der Waals surface area contributed by atoms with Crippen LogP contribution in [0.15, 0.2) is 16.0 Å². The first-order valence-corrected chi connectivity index (χ1v) is 9.78. The standard InChI is InChI=1S/C18H27N3O2S/c1-12-5-7-20(8-6-12)16(23)13-10-21-15(22)9-14(18(2,3)4)19-17(21)24-11-13/h9,12-13H,5-8,10-11H2,1-4H3. The van der Waals surface area contributed by atoms with Crippen molar-refractivity contribution in [3.63, 3.8) is 0 Å². The molecule has 0 spiro atoms. The lowest BCUT2D eigenvalue weighted by Gasteiger charge is -2.34. The molecular weight excluding hydrogens is 322 g/mol. The average molecular weight is 350 g/mol. The van der Waals surface area contributed by atoms with Gasteiger partial charge in [-0.05, 0) is 18.8 Å². The van der Waals surface area contributed by atoms with Crippen LogP contribution in [0, 0.1) is 11.8 Å². The van der Waals surface area contributed by atoms with Gasteiger partial charge >= 0.3 is 0 Å². The van der Waals surface area contributed by atoms with Gasteiger partial charge in [0, 0.05) is 36.9 Å². The minimum atomic E-state index is -0.146. The Morgan fingerprint density at radius 1 is 1.29 bits per heavy atom. The molecule has 1 atom stereocenters. The molecule has 6 heteroatoms. The minimum Gasteiger partial charge on any atom is -0.342 e. The quantitative estimate of drug-likeness (QED) is 0.731. The molecule has 0 bridgehead atoms. The molecule has 1 amide bonds. The Balaban J connectivity index is 1.77. The van der Waals surface area contributed by atoms with Crippen molar-refractivity contribution in [2.45, 2.75) is 57.7 Å². The zero-order chi connectivity index (χ0) is 17.5. The van der Waals surface area contributed by atoms with Crippen LogP contribution in [0.3, 0.4) is 0 Å². The van der Waals surface area contributed by atoms with Crippen LogP contribution in [0.4, 0.5) is 0 Å². The van der Waals surface area contributed by atoms with Crippen LogP contribution in [0.25, 0.3) is 0 Å². The van der Waals surface area contributed by atoms with Crippen LogP contribution in [-0.4, -0.2) is 39.2 Å². The summed E-state index contributed by atoms with van der Waals surface area (Å²) < 4.78 is 1.68. The zero-order valence-electron chi connectivity index (χ0n) is 15.0. The lowest BCUT2D eigenvalue weighted by Crippen LogP contribution is -2.45. The number of fused-ring (bicyclic) bond motifs is 1. The van der Waals surface area contributed by atoms with Gasteiger partial charge in [0.2, 0.25) is 5.91 Å². The van der Waals surface area contributed by atoms with Crippen LogP contribution < -0.4 is 5.56 Å². The summed E-state index contributed by atoms with van der Waals surface area (Å²) in [5, 5.41) is 0.753. The summed E-state index contributed by atoms with van der Waals surface area (Å²) in [6.07, 6.45) is 2.16. The highest BCUT2D eigenvalue weighted by Gasteiger charge is 2.32. The monoisotopic (exact) mass is 349 g/mol. The second-order valence-electron chi connectivity index (χ2n) is 8.14. The number of thioether (sulfide) groups is 1. The number of likely N-dealkylation sites (tertiary alicyclic amines) is 1. The van der Waals surface area contributed by atoms with Crippen LogP contribution in [0.2, 0.25) is 0 Å². The van der Waals surface area contributed by atoms with E-state index in [2.05, 4.69) is 32.7 Å². The number of carbonyl (C=O) groups is 1. The van der Waals surface area contributed by atoms with Gasteiger partial charge in [0.25, 0.3) is 5.56 Å². The first kappa shape index (κ1) is 17.5. The van der Waals surface area contributed by atoms with Crippen LogP contribution >= 0.6 is 11.8 Å². The van der Waals surface area contributed by atoms with Crippen molar-refractivity contribution in [2.75, 3.05) is 18.8 Å². The Morgan fingerprint density at radius 3 is 2.58 bits per heavy atom. The summed E-state index contributed by atoms with van der Waals surface area (Å²) in [6.45, 7) is 10.6. The maximum Gasteiger partial charge on any atom is 0.254 e. The zero-order valence-corrected chi connectivity index (χ0v) is 15.9. The van der Waals surface area contributed by atoms with E-state index in [1.54, 1.807) is 10.6 Å². The van der Waals surface area contributed by atoms with Crippen molar-refractivity contribution in [3.05, 3.63) is 22.1 Å². The molecule has 132 valence electrons. The van der Waals surface area contributed by atoms with Crippen LogP contribution in [0.1, 0.15) is 46.2 Å². The third kappa shape index (κ3) is 3.53. The predicted octanol–water partition coefficient (Wildman–Crippen LogP) is 2.52. The average Bonchev–Trinajstić information content (AvgIpc) is 2.53. The molecule has 2 aliphatic rings. The highest BCUT2D eigenvalue weighted by atomic mass is 32.2. The third-order valence-corrected chi connectivity index (χ3v) is 6.14. The van der Waals surface area contributed by atoms with Crippen molar-refractivity contribution in [2.24, 2.45) is 11.8 Å². The SMILES string of the molecule is CC1CCN(C(=O)C2CSc3nc(C(C)(C)C)cc(=O)n3C2)CC1. The van der Waals surface area contributed by atoms with Gasteiger partial charge in [-0.1, -0.05) is 39.5 Å². The number of nitrogens with zero attached hydrogens (tertiary/aromatic N) is 3. The summed E-state index contributed by atoms with van der Waals surface area (Å²) >= 11 is 1.54. The maximum absolute atomic E-state index is 12.8. The molecule has 0 saturated carbocycles. The molecule has 0 radical (unpaired) electrons. The van der Waals surface area contributed by atoms with Gasteiger partial charge in [-0.25, -0.2) is 4.98 Å². The van der Waals surface area contributed by atoms with Gasteiger partial charge in [0.15, 0.2) is 5.16 Å². The van der Waals surface area contributed by atoms with E-state index in [0.717, 1.165) is 36.8 Å². The molecular formula is C18H27N3O2S. The summed E-state index contributed by atoms with van der Waals surface area (Å²) in [5.74, 6) is 1.51. The topological polar surface area (TPSA) is 55.2 Å². The molecule has 2 aliphatic heterocycles. The molecule has 1 aromatic rings. The number of hydrogen-bond acceptors (Lipinski definition) is 4. The molecule has 1 unspecified atom stereocenters. The number of aromatic nitrogens is 2. The van der Waals surface area contributed by atoms with Crippen LogP contribution in [0.5, 0.6) is 0 Å². The summed E-state index contributed by atoms with van der Waals surface area (Å²) in [7, 11) is 0. The molecule has 0 aromatic carbocycles. The number of hydrogen-bond donors (Lipinski definition) is 0. The third-order valence-electron chi connectivity index (χ3n) is 5.00. The van der Waals surface area contributed by atoms with Gasteiger partial charge in [0.05, 0.1) is 11.6 Å². The second-order valence-corrected chi connectivity index (χ2v) is 9.13. The lowest BCUT2D eigenvalue weighted by atomic mass is 9.92. The molecule has 24 heavy (non-hydrogen) atoms. The van der Waals surface area contributed by atoms with Gasteiger partial charge < -0.3 is 4.90 Å². The van der Waals surface area contributed by atoms with Gasteiger partial charge in [0.1, 0.15) is 0 Å². The minimum absolute atomic E-state index is 0.0396. The molecule has 3 heterocycles. The van der Waals surface area contributed by atoms with Gasteiger partial charge in [-0.15, -0.1) is 0 Å². The smallest absolute Gasteiger partial charge is 0.254 e. The highest BCUT2D eigenvalue weighted by Crippen LogP contribution is 2.29. The molecule has 1 aromatic heterocycles. The highest BCUT2D eigenvalue weighted by molar-refractivity contribution is 7.99. The Bertz CT molecular complexity index is 684. The molecule has 0 N–H and O–H groups in total. The fourth-order valence-corrected chi connectivity index (χ4v) is 4.31. The van der Waals surface area contributed by atoms with Gasteiger partial charge in [-0.3, -0.25) is 14.2 Å². The summed E-state index contributed by atoms with van der Waals surface area (Å²) in [5.41, 5.74) is 0.634. The number of piperidine rings is 1. The molecule has 1 fully saturated rings. The Kier molecular flexibility index (Phi) is 4.78. The van der Waals surface area contributed by atoms with Crippen molar-refractivity contribution in [1.82, 2.24) is 14.5 Å². The molecule has 1 saturated heterocycles. The second kappa shape index (κ2) is 6.54. The van der Waals surface area contributed by atoms with E-state index in [1.807, 2.05) is 4.90 Å². The first-order valence-electron chi connectivity index (χ1n) is 8.79. The van der Waals surface area contributed by atoms with E-state index in [4.69, 9.17) is 0 Å². The predicted molar refractivity (Wildman–Crippen MR) is 96.4 cm³/mol. The molecule has 3 rings (SSSR count). The number of rotatable bonds is 1. The summed E-state index contributed by atoms with van der Waals surface area (Å²) in [6, 6.07) is 1.62. The number of amides is 1.